The van der Waals surface area contributed by atoms with Crippen LogP contribution in [0.25, 0.3) is 0 Å². The van der Waals surface area contributed by atoms with Crippen LogP contribution < -0.4 is 0 Å². The summed E-state index contributed by atoms with van der Waals surface area (Å²) in [6, 6.07) is 6.89. The molecule has 0 aliphatic carbocycles. The van der Waals surface area contributed by atoms with E-state index in [-0.39, 0.29) is 4.49 Å². The maximum Gasteiger partial charge on any atom is 0.344 e. The number of esters is 1. The highest BCUT2D eigenvalue weighted by Gasteiger charge is 2.09. The fourth-order valence-electron chi connectivity index (χ4n) is 0.788. The first kappa shape index (κ1) is 11.6. The van der Waals surface area contributed by atoms with E-state index in [2.05, 4.69) is 20.7 Å². The summed E-state index contributed by atoms with van der Waals surface area (Å²) >= 11 is 13.8. The minimum Gasteiger partial charge on any atom is -0.428 e. The molecule has 0 radical (unpaired) electrons. The van der Waals surface area contributed by atoms with Crippen LogP contribution in [0.15, 0.2) is 39.5 Å². The van der Waals surface area contributed by atoms with E-state index in [9.17, 15) is 4.79 Å². The van der Waals surface area contributed by atoms with Gasteiger partial charge in [0.1, 0.15) is 10.8 Å². The monoisotopic (exact) mass is 294 g/mol. The molecule has 1 rings (SSSR count). The van der Waals surface area contributed by atoms with Crippen molar-refractivity contribution in [3.05, 3.63) is 45.1 Å². The summed E-state index contributed by atoms with van der Waals surface area (Å²) in [5.74, 6) is -0.517. The zero-order chi connectivity index (χ0) is 10.6. The number of carbonyl (C=O) groups excluding carboxylic acids is 1. The molecule has 0 spiro atoms. The van der Waals surface area contributed by atoms with Crippen LogP contribution in [-0.2, 0) is 4.74 Å². The average molecular weight is 296 g/mol. The third-order valence-corrected chi connectivity index (χ3v) is 2.22. The lowest BCUT2D eigenvalue weighted by atomic mass is 10.2. The third-order valence-electron chi connectivity index (χ3n) is 1.35. The fraction of sp³-hybridized carbons (Fsp3) is 0. The lowest BCUT2D eigenvalue weighted by molar-refractivity contribution is 0.0662. The summed E-state index contributed by atoms with van der Waals surface area (Å²) in [5.41, 5.74) is 0.415. The molecule has 2 nitrogen and oxygen atoms in total. The molecule has 0 aliphatic heterocycles. The van der Waals surface area contributed by atoms with Gasteiger partial charge in [-0.05, 0) is 28.1 Å². The molecule has 0 saturated heterocycles. The van der Waals surface area contributed by atoms with Crippen molar-refractivity contribution in [2.45, 2.75) is 0 Å². The summed E-state index contributed by atoms with van der Waals surface area (Å²) in [6.07, 6.45) is 0.977. The number of hydrogen-bond donors (Lipinski definition) is 0. The number of carbonyl (C=O) groups is 1. The van der Waals surface area contributed by atoms with Crippen molar-refractivity contribution in [2.75, 3.05) is 0 Å². The molecule has 0 saturated carbocycles. The van der Waals surface area contributed by atoms with Gasteiger partial charge in [0, 0.05) is 4.47 Å². The molecule has 0 fully saturated rings. The van der Waals surface area contributed by atoms with E-state index in [0.717, 1.165) is 6.26 Å². The van der Waals surface area contributed by atoms with Crippen LogP contribution in [0.3, 0.4) is 0 Å². The SMILES string of the molecule is O=C(OC=C(Cl)Cl)c1ccccc1Br. The minimum atomic E-state index is -0.517. The van der Waals surface area contributed by atoms with Gasteiger partial charge >= 0.3 is 5.97 Å². The Morgan fingerprint density at radius 2 is 2.00 bits per heavy atom. The smallest absolute Gasteiger partial charge is 0.344 e. The van der Waals surface area contributed by atoms with Crippen molar-refractivity contribution in [1.29, 1.82) is 0 Å². The van der Waals surface area contributed by atoms with Crippen LogP contribution in [0.4, 0.5) is 0 Å². The van der Waals surface area contributed by atoms with Gasteiger partial charge in [-0.1, -0.05) is 35.3 Å². The van der Waals surface area contributed by atoms with E-state index in [0.29, 0.717) is 10.0 Å². The Morgan fingerprint density at radius 3 is 2.57 bits per heavy atom. The first-order valence-electron chi connectivity index (χ1n) is 3.58. The van der Waals surface area contributed by atoms with E-state index in [1.54, 1.807) is 24.3 Å². The molecule has 0 amide bonds. The van der Waals surface area contributed by atoms with Crippen molar-refractivity contribution in [1.82, 2.24) is 0 Å². The van der Waals surface area contributed by atoms with Crippen molar-refractivity contribution >= 4 is 45.1 Å². The number of halogens is 3. The van der Waals surface area contributed by atoms with Crippen LogP contribution in [-0.4, -0.2) is 5.97 Å². The third kappa shape index (κ3) is 3.33. The highest BCUT2D eigenvalue weighted by atomic mass is 79.9. The minimum absolute atomic E-state index is 0.106. The van der Waals surface area contributed by atoms with Gasteiger partial charge in [-0.25, -0.2) is 4.79 Å². The molecule has 0 heterocycles. The standard InChI is InChI=1S/C9H5BrCl2O2/c10-7-4-2-1-3-6(7)9(13)14-5-8(11)12/h1-5H. The lowest BCUT2D eigenvalue weighted by Crippen LogP contribution is -2.01. The van der Waals surface area contributed by atoms with Crippen LogP contribution in [0.1, 0.15) is 10.4 Å². The van der Waals surface area contributed by atoms with E-state index < -0.39 is 5.97 Å². The Hall–Kier alpha value is -0.510. The Bertz CT molecular complexity index is 373. The van der Waals surface area contributed by atoms with Gasteiger partial charge in [-0.15, -0.1) is 0 Å². The van der Waals surface area contributed by atoms with Gasteiger partial charge in [0.05, 0.1) is 5.56 Å². The largest absolute Gasteiger partial charge is 0.428 e. The first-order valence-corrected chi connectivity index (χ1v) is 5.13. The molecule has 0 N–H and O–H groups in total. The highest BCUT2D eigenvalue weighted by Crippen LogP contribution is 2.17. The molecular weight excluding hydrogens is 291 g/mol. The second kappa shape index (κ2) is 5.39. The second-order valence-electron chi connectivity index (χ2n) is 2.29. The highest BCUT2D eigenvalue weighted by molar-refractivity contribution is 9.10. The van der Waals surface area contributed by atoms with Gasteiger partial charge < -0.3 is 4.74 Å². The summed E-state index contributed by atoms with van der Waals surface area (Å²) in [6.45, 7) is 0. The van der Waals surface area contributed by atoms with E-state index in [1.807, 2.05) is 0 Å². The van der Waals surface area contributed by atoms with Gasteiger partial charge in [0.2, 0.25) is 0 Å². The van der Waals surface area contributed by atoms with Gasteiger partial charge in [0.25, 0.3) is 0 Å². The topological polar surface area (TPSA) is 26.3 Å². The Kier molecular flexibility index (Phi) is 4.45. The van der Waals surface area contributed by atoms with Crippen LogP contribution >= 0.6 is 39.1 Å². The molecule has 0 aliphatic rings. The Labute approximate surface area is 99.6 Å². The Balaban J connectivity index is 2.80. The van der Waals surface area contributed by atoms with Crippen molar-refractivity contribution in [2.24, 2.45) is 0 Å². The zero-order valence-corrected chi connectivity index (χ0v) is 9.93. The lowest BCUT2D eigenvalue weighted by Gasteiger charge is -2.00. The molecule has 0 aromatic heterocycles. The van der Waals surface area contributed by atoms with Crippen molar-refractivity contribution < 1.29 is 9.53 Å². The maximum atomic E-state index is 11.4. The van der Waals surface area contributed by atoms with E-state index in [1.165, 1.54) is 0 Å². The average Bonchev–Trinajstić information content (AvgIpc) is 2.15. The maximum absolute atomic E-state index is 11.4. The molecule has 5 heteroatoms. The predicted molar refractivity (Wildman–Crippen MR) is 59.3 cm³/mol. The normalized spacial score (nSPS) is 9.36. The van der Waals surface area contributed by atoms with Crippen molar-refractivity contribution in [3.63, 3.8) is 0 Å². The number of hydrogen-bond acceptors (Lipinski definition) is 2. The summed E-state index contributed by atoms with van der Waals surface area (Å²) in [5, 5.41) is 0. The number of ether oxygens (including phenoxy) is 1. The fourth-order valence-corrected chi connectivity index (χ4v) is 1.32. The summed E-state index contributed by atoms with van der Waals surface area (Å²) < 4.78 is 5.23. The van der Waals surface area contributed by atoms with Gasteiger partial charge in [-0.3, -0.25) is 0 Å². The van der Waals surface area contributed by atoms with Gasteiger partial charge in [0.15, 0.2) is 0 Å². The molecule has 74 valence electrons. The molecule has 1 aromatic carbocycles. The summed E-state index contributed by atoms with van der Waals surface area (Å²) in [4.78, 5) is 11.4. The molecule has 0 unspecified atom stereocenters. The van der Waals surface area contributed by atoms with Crippen LogP contribution in [0.2, 0.25) is 0 Å². The molecular formula is C9H5BrCl2O2. The quantitative estimate of drug-likeness (QED) is 0.611. The van der Waals surface area contributed by atoms with Crippen LogP contribution in [0.5, 0.6) is 0 Å². The molecule has 14 heavy (non-hydrogen) atoms. The van der Waals surface area contributed by atoms with E-state index in [4.69, 9.17) is 23.2 Å². The number of rotatable bonds is 2. The summed E-state index contributed by atoms with van der Waals surface area (Å²) in [7, 11) is 0. The molecule has 1 aromatic rings. The predicted octanol–water partition coefficient (Wildman–Crippen LogP) is 3.88. The van der Waals surface area contributed by atoms with E-state index >= 15 is 0 Å². The van der Waals surface area contributed by atoms with Gasteiger partial charge in [-0.2, -0.15) is 0 Å². The molecule has 0 bridgehead atoms. The first-order chi connectivity index (χ1) is 6.61. The number of benzene rings is 1. The van der Waals surface area contributed by atoms with Crippen molar-refractivity contribution in [3.8, 4) is 0 Å². The zero-order valence-electron chi connectivity index (χ0n) is 6.84. The Morgan fingerprint density at radius 1 is 1.36 bits per heavy atom. The second-order valence-corrected chi connectivity index (χ2v) is 4.15. The van der Waals surface area contributed by atoms with Crippen LogP contribution in [0, 0.1) is 0 Å². The molecule has 0 atom stereocenters.